The average molecular weight is 317 g/mol. The molecule has 1 saturated carbocycles. The summed E-state index contributed by atoms with van der Waals surface area (Å²) in [7, 11) is 0. The number of nitrogens with zero attached hydrogens (tertiary/aromatic N) is 5. The lowest BCUT2D eigenvalue weighted by atomic mass is 10.1. The molecule has 0 amide bonds. The third-order valence-corrected chi connectivity index (χ3v) is 5.06. The van der Waals surface area contributed by atoms with Gasteiger partial charge in [-0.25, -0.2) is 4.98 Å². The molecule has 2 fully saturated rings. The molecule has 2 aromatic heterocycles. The highest BCUT2D eigenvalue weighted by atomic mass is 32.1. The summed E-state index contributed by atoms with van der Waals surface area (Å²) in [5.74, 6) is 2.63. The number of ether oxygens (including phenoxy) is 1. The Kier molecular flexibility index (Phi) is 3.65. The van der Waals surface area contributed by atoms with Crippen molar-refractivity contribution in [3.8, 4) is 5.88 Å². The molecule has 1 saturated heterocycles. The quantitative estimate of drug-likeness (QED) is 0.844. The lowest BCUT2D eigenvalue weighted by Crippen LogP contribution is -2.21. The molecular formula is C15H19N5OS. The lowest BCUT2D eigenvalue weighted by molar-refractivity contribution is 0.249. The molecule has 4 rings (SSSR count). The second-order valence-corrected chi connectivity index (χ2v) is 6.84. The molecule has 0 bridgehead atoms. The Morgan fingerprint density at radius 1 is 1.27 bits per heavy atom. The summed E-state index contributed by atoms with van der Waals surface area (Å²) >= 11 is 1.48. The van der Waals surface area contributed by atoms with Crippen molar-refractivity contribution in [3.63, 3.8) is 0 Å². The van der Waals surface area contributed by atoms with Gasteiger partial charge in [0.2, 0.25) is 11.0 Å². The molecule has 0 radical (unpaired) electrons. The minimum absolute atomic E-state index is 0.508. The summed E-state index contributed by atoms with van der Waals surface area (Å²) in [6, 6.07) is 3.99. The molecule has 7 heteroatoms. The first kappa shape index (κ1) is 13.9. The molecule has 116 valence electrons. The van der Waals surface area contributed by atoms with Crippen LogP contribution in [0.3, 0.4) is 0 Å². The summed E-state index contributed by atoms with van der Waals surface area (Å²) in [5.41, 5.74) is 1.10. The second-order valence-electron chi connectivity index (χ2n) is 6.11. The Morgan fingerprint density at radius 2 is 2.18 bits per heavy atom. The number of anilines is 1. The van der Waals surface area contributed by atoms with E-state index in [9.17, 15) is 0 Å². The third kappa shape index (κ3) is 3.04. The predicted molar refractivity (Wildman–Crippen MR) is 84.5 cm³/mol. The van der Waals surface area contributed by atoms with Crippen LogP contribution >= 0.6 is 11.5 Å². The van der Waals surface area contributed by atoms with Crippen molar-refractivity contribution >= 4 is 16.7 Å². The molecule has 1 aliphatic heterocycles. The van der Waals surface area contributed by atoms with Gasteiger partial charge in [0.25, 0.3) is 0 Å². The Bertz CT molecular complexity index is 640. The summed E-state index contributed by atoms with van der Waals surface area (Å²) in [6.45, 7) is 4.61. The second kappa shape index (κ2) is 5.79. The van der Waals surface area contributed by atoms with E-state index in [0.717, 1.165) is 36.2 Å². The summed E-state index contributed by atoms with van der Waals surface area (Å²) in [6.07, 6.45) is 3.61. The molecule has 2 aliphatic rings. The number of hydrogen-bond acceptors (Lipinski definition) is 7. The third-order valence-electron chi connectivity index (χ3n) is 4.20. The first-order chi connectivity index (χ1) is 10.8. The van der Waals surface area contributed by atoms with Crippen molar-refractivity contribution in [2.75, 3.05) is 24.6 Å². The normalized spacial score (nSPS) is 21.3. The highest BCUT2D eigenvalue weighted by molar-refractivity contribution is 7.09. The van der Waals surface area contributed by atoms with Gasteiger partial charge in [-0.3, -0.25) is 0 Å². The number of hydrogen-bond donors (Lipinski definition) is 0. The van der Waals surface area contributed by atoms with Crippen molar-refractivity contribution in [3.05, 3.63) is 23.7 Å². The van der Waals surface area contributed by atoms with E-state index in [1.165, 1.54) is 24.4 Å². The van der Waals surface area contributed by atoms with Crippen LogP contribution < -0.4 is 9.64 Å². The highest BCUT2D eigenvalue weighted by Crippen LogP contribution is 2.38. The van der Waals surface area contributed by atoms with E-state index in [1.807, 2.05) is 19.1 Å². The van der Waals surface area contributed by atoms with Gasteiger partial charge >= 0.3 is 0 Å². The molecule has 2 aromatic rings. The maximum absolute atomic E-state index is 5.80. The fourth-order valence-electron chi connectivity index (χ4n) is 2.76. The van der Waals surface area contributed by atoms with Crippen molar-refractivity contribution in [1.29, 1.82) is 0 Å². The minimum Gasteiger partial charge on any atom is -0.476 e. The van der Waals surface area contributed by atoms with Gasteiger partial charge in [0.1, 0.15) is 5.82 Å². The molecule has 1 atom stereocenters. The molecule has 6 nitrogen and oxygen atoms in total. The molecule has 22 heavy (non-hydrogen) atoms. The molecule has 3 heterocycles. The van der Waals surface area contributed by atoms with E-state index in [4.69, 9.17) is 4.74 Å². The van der Waals surface area contributed by atoms with E-state index in [1.54, 1.807) is 0 Å². The molecular weight excluding hydrogens is 298 g/mol. The Balaban J connectivity index is 1.29. The summed E-state index contributed by atoms with van der Waals surface area (Å²) in [4.78, 5) is 6.74. The molecule has 0 N–H and O–H groups in total. The fraction of sp³-hybridized carbons (Fsp3) is 0.600. The summed E-state index contributed by atoms with van der Waals surface area (Å²) < 4.78 is 10.0. The van der Waals surface area contributed by atoms with Crippen LogP contribution in [0.2, 0.25) is 0 Å². The molecule has 1 aliphatic carbocycles. The van der Waals surface area contributed by atoms with Crippen LogP contribution in [0.4, 0.5) is 5.13 Å². The fourth-order valence-corrected chi connectivity index (χ4v) is 3.47. The Morgan fingerprint density at radius 3 is 2.86 bits per heavy atom. The van der Waals surface area contributed by atoms with Crippen LogP contribution in [-0.4, -0.2) is 39.3 Å². The van der Waals surface area contributed by atoms with Crippen LogP contribution in [0.15, 0.2) is 12.1 Å². The maximum Gasteiger partial charge on any atom is 0.233 e. The number of aromatic nitrogens is 4. The SMILES string of the molecule is Cc1nsc(N2CCC(COc3ccc(C4CC4)nn3)C2)n1. The maximum atomic E-state index is 5.80. The van der Waals surface area contributed by atoms with Gasteiger partial charge in [0, 0.05) is 42.5 Å². The topological polar surface area (TPSA) is 64.0 Å². The highest BCUT2D eigenvalue weighted by Gasteiger charge is 2.26. The zero-order valence-electron chi connectivity index (χ0n) is 12.6. The zero-order chi connectivity index (χ0) is 14.9. The Labute approximate surface area is 133 Å². The number of rotatable bonds is 5. The van der Waals surface area contributed by atoms with Crippen LogP contribution in [-0.2, 0) is 0 Å². The molecule has 0 aromatic carbocycles. The van der Waals surface area contributed by atoms with Gasteiger partial charge < -0.3 is 9.64 Å². The molecule has 1 unspecified atom stereocenters. The van der Waals surface area contributed by atoms with E-state index in [0.29, 0.717) is 24.3 Å². The first-order valence-corrected chi connectivity index (χ1v) is 8.57. The minimum atomic E-state index is 0.508. The Hall–Kier alpha value is -1.76. The van der Waals surface area contributed by atoms with Crippen LogP contribution in [0, 0.1) is 12.8 Å². The van der Waals surface area contributed by atoms with E-state index < -0.39 is 0 Å². The van der Waals surface area contributed by atoms with Gasteiger partial charge in [0.15, 0.2) is 0 Å². The monoisotopic (exact) mass is 317 g/mol. The lowest BCUT2D eigenvalue weighted by Gasteiger charge is -2.14. The van der Waals surface area contributed by atoms with E-state index in [-0.39, 0.29) is 0 Å². The van der Waals surface area contributed by atoms with Crippen molar-refractivity contribution in [2.45, 2.75) is 32.1 Å². The van der Waals surface area contributed by atoms with Gasteiger partial charge in [0.05, 0.1) is 12.3 Å². The van der Waals surface area contributed by atoms with E-state index in [2.05, 4.69) is 24.5 Å². The molecule has 0 spiro atoms. The predicted octanol–water partition coefficient (Wildman–Crippen LogP) is 2.42. The largest absolute Gasteiger partial charge is 0.476 e. The average Bonchev–Trinajstić information content (AvgIpc) is 3.12. The van der Waals surface area contributed by atoms with Crippen molar-refractivity contribution in [2.24, 2.45) is 5.92 Å². The van der Waals surface area contributed by atoms with Crippen LogP contribution in [0.25, 0.3) is 0 Å². The number of aryl methyl sites for hydroxylation is 1. The van der Waals surface area contributed by atoms with E-state index >= 15 is 0 Å². The summed E-state index contributed by atoms with van der Waals surface area (Å²) in [5, 5.41) is 9.45. The van der Waals surface area contributed by atoms with Crippen LogP contribution in [0.1, 0.15) is 36.7 Å². The zero-order valence-corrected chi connectivity index (χ0v) is 13.4. The van der Waals surface area contributed by atoms with Crippen LogP contribution in [0.5, 0.6) is 5.88 Å². The smallest absolute Gasteiger partial charge is 0.233 e. The van der Waals surface area contributed by atoms with Gasteiger partial charge in [-0.05, 0) is 32.3 Å². The van der Waals surface area contributed by atoms with Crippen molar-refractivity contribution in [1.82, 2.24) is 19.6 Å². The standard InChI is InChI=1S/C15H19N5OS/c1-10-16-15(22-19-10)20-7-6-11(8-20)9-21-14-5-4-13(17-18-14)12-2-3-12/h4-5,11-12H,2-3,6-9H2,1H3. The van der Waals surface area contributed by atoms with Crippen molar-refractivity contribution < 1.29 is 4.74 Å². The first-order valence-electron chi connectivity index (χ1n) is 7.79. The van der Waals surface area contributed by atoms with Gasteiger partial charge in [-0.15, -0.1) is 5.10 Å². The van der Waals surface area contributed by atoms with Gasteiger partial charge in [-0.1, -0.05) is 0 Å². The van der Waals surface area contributed by atoms with Gasteiger partial charge in [-0.2, -0.15) is 9.47 Å².